The Morgan fingerprint density at radius 3 is 2.17 bits per heavy atom. The Labute approximate surface area is 112 Å². The van der Waals surface area contributed by atoms with Gasteiger partial charge in [-0.2, -0.15) is 0 Å². The van der Waals surface area contributed by atoms with E-state index in [2.05, 4.69) is 13.5 Å². The summed E-state index contributed by atoms with van der Waals surface area (Å²) >= 11 is 0. The molecule has 0 atom stereocenters. The molecule has 18 heavy (non-hydrogen) atoms. The van der Waals surface area contributed by atoms with E-state index >= 15 is 0 Å². The zero-order valence-corrected chi connectivity index (χ0v) is 11.8. The summed E-state index contributed by atoms with van der Waals surface area (Å²) < 4.78 is 10.4. The molecule has 0 aliphatic heterocycles. The first kappa shape index (κ1) is 17.2. The van der Waals surface area contributed by atoms with Crippen molar-refractivity contribution in [2.75, 3.05) is 19.8 Å². The van der Waals surface area contributed by atoms with Crippen LogP contribution in [0.5, 0.6) is 0 Å². The molecule has 0 aromatic rings. The number of esters is 1. The van der Waals surface area contributed by atoms with Gasteiger partial charge in [-0.25, -0.2) is 4.79 Å². The normalized spacial score (nSPS) is 10.3. The van der Waals surface area contributed by atoms with Gasteiger partial charge in [0.2, 0.25) is 0 Å². The second-order valence-corrected chi connectivity index (χ2v) is 4.46. The van der Waals surface area contributed by atoms with E-state index in [1.165, 1.54) is 38.2 Å². The van der Waals surface area contributed by atoms with Crippen molar-refractivity contribution in [3.63, 3.8) is 0 Å². The lowest BCUT2D eigenvalue weighted by Crippen LogP contribution is -2.03. The number of rotatable bonds is 13. The van der Waals surface area contributed by atoms with Crippen molar-refractivity contribution in [3.8, 4) is 0 Å². The Balaban J connectivity index is 2.98. The molecule has 0 radical (unpaired) electrons. The highest BCUT2D eigenvalue weighted by Crippen LogP contribution is 2.05. The predicted molar refractivity (Wildman–Crippen MR) is 74.6 cm³/mol. The lowest BCUT2D eigenvalue weighted by atomic mass is 10.1. The lowest BCUT2D eigenvalue weighted by molar-refractivity contribution is -0.137. The van der Waals surface area contributed by atoms with Gasteiger partial charge in [-0.05, 0) is 19.3 Å². The number of carbonyl (C=O) groups excluding carboxylic acids is 1. The van der Waals surface area contributed by atoms with E-state index in [1.807, 2.05) is 0 Å². The summed E-state index contributed by atoms with van der Waals surface area (Å²) in [6.07, 6.45) is 10.8. The van der Waals surface area contributed by atoms with Crippen LogP contribution in [0.25, 0.3) is 0 Å². The molecule has 3 heteroatoms. The quantitative estimate of drug-likeness (QED) is 0.285. The predicted octanol–water partition coefficient (Wildman–Crippen LogP) is 3.87. The van der Waals surface area contributed by atoms with E-state index in [-0.39, 0.29) is 5.97 Å². The van der Waals surface area contributed by atoms with Crippen LogP contribution in [0.3, 0.4) is 0 Å². The number of ether oxygens (including phenoxy) is 2. The number of hydrogen-bond donors (Lipinski definition) is 0. The fraction of sp³-hybridized carbons (Fsp3) is 0.800. The van der Waals surface area contributed by atoms with Gasteiger partial charge in [0.1, 0.15) is 0 Å². The molecular formula is C15H28O3. The van der Waals surface area contributed by atoms with Gasteiger partial charge in [0.15, 0.2) is 0 Å². The summed E-state index contributed by atoms with van der Waals surface area (Å²) in [5, 5.41) is 0. The van der Waals surface area contributed by atoms with Gasteiger partial charge in [-0.3, -0.25) is 0 Å². The Bertz CT molecular complexity index is 202. The Hall–Kier alpha value is -0.830. The van der Waals surface area contributed by atoms with E-state index in [9.17, 15) is 4.79 Å². The van der Waals surface area contributed by atoms with E-state index < -0.39 is 0 Å². The minimum absolute atomic E-state index is 0.344. The van der Waals surface area contributed by atoms with Crippen molar-refractivity contribution >= 4 is 5.97 Å². The minimum atomic E-state index is -0.344. The highest BCUT2D eigenvalue weighted by molar-refractivity contribution is 5.81. The van der Waals surface area contributed by atoms with Crippen molar-refractivity contribution in [2.24, 2.45) is 0 Å². The molecule has 0 N–H and O–H groups in total. The van der Waals surface area contributed by atoms with Crippen LogP contribution < -0.4 is 0 Å². The number of carbonyl (C=O) groups is 1. The van der Waals surface area contributed by atoms with Crippen LogP contribution in [0.15, 0.2) is 12.7 Å². The van der Waals surface area contributed by atoms with Crippen LogP contribution in [0.1, 0.15) is 58.3 Å². The fourth-order valence-electron chi connectivity index (χ4n) is 1.62. The van der Waals surface area contributed by atoms with E-state index in [0.29, 0.717) is 6.61 Å². The molecule has 0 unspecified atom stereocenters. The third kappa shape index (κ3) is 13.2. The highest BCUT2D eigenvalue weighted by Gasteiger charge is 1.95. The molecule has 106 valence electrons. The van der Waals surface area contributed by atoms with Gasteiger partial charge in [0.05, 0.1) is 6.61 Å². The summed E-state index contributed by atoms with van der Waals surface area (Å²) in [7, 11) is 0. The summed E-state index contributed by atoms with van der Waals surface area (Å²) in [4.78, 5) is 10.7. The first-order valence-electron chi connectivity index (χ1n) is 7.18. The average molecular weight is 256 g/mol. The van der Waals surface area contributed by atoms with Crippen LogP contribution in [0, 0.1) is 0 Å². The molecule has 0 aromatic carbocycles. The molecular weight excluding hydrogens is 228 g/mol. The molecule has 0 fully saturated rings. The second-order valence-electron chi connectivity index (χ2n) is 4.46. The molecule has 0 bridgehead atoms. The number of hydrogen-bond acceptors (Lipinski definition) is 3. The van der Waals surface area contributed by atoms with Gasteiger partial charge in [0, 0.05) is 19.3 Å². The van der Waals surface area contributed by atoms with Gasteiger partial charge in [0.25, 0.3) is 0 Å². The Morgan fingerprint density at radius 1 is 0.944 bits per heavy atom. The van der Waals surface area contributed by atoms with Crippen molar-refractivity contribution in [3.05, 3.63) is 12.7 Å². The molecule has 0 heterocycles. The Kier molecular flexibility index (Phi) is 13.6. The molecule has 0 saturated heterocycles. The topological polar surface area (TPSA) is 35.5 Å². The molecule has 0 aliphatic rings. The molecule has 0 amide bonds. The van der Waals surface area contributed by atoms with Crippen LogP contribution in [0.2, 0.25) is 0 Å². The lowest BCUT2D eigenvalue weighted by Gasteiger charge is -2.04. The van der Waals surface area contributed by atoms with Crippen LogP contribution in [0.4, 0.5) is 0 Å². The molecule has 0 rings (SSSR count). The third-order valence-corrected chi connectivity index (χ3v) is 2.74. The third-order valence-electron chi connectivity index (χ3n) is 2.74. The maximum absolute atomic E-state index is 10.7. The highest BCUT2D eigenvalue weighted by atomic mass is 16.5. The standard InChI is InChI=1S/C15H28O3/c1-3-5-6-7-8-9-12-17-13-10-11-14-18-15(16)4-2/h4H,2-3,5-14H2,1H3. The smallest absolute Gasteiger partial charge is 0.330 e. The first-order valence-corrected chi connectivity index (χ1v) is 7.18. The summed E-state index contributed by atoms with van der Waals surface area (Å²) in [5.74, 6) is -0.344. The van der Waals surface area contributed by atoms with Crippen LogP contribution >= 0.6 is 0 Å². The molecule has 0 aliphatic carbocycles. The fourth-order valence-corrected chi connectivity index (χ4v) is 1.62. The number of unbranched alkanes of at least 4 members (excludes halogenated alkanes) is 6. The second kappa shape index (κ2) is 14.2. The van der Waals surface area contributed by atoms with Gasteiger partial charge in [-0.1, -0.05) is 45.6 Å². The van der Waals surface area contributed by atoms with E-state index in [0.717, 1.165) is 32.5 Å². The van der Waals surface area contributed by atoms with Gasteiger partial charge < -0.3 is 9.47 Å². The summed E-state index contributed by atoms with van der Waals surface area (Å²) in [5.41, 5.74) is 0. The zero-order valence-electron chi connectivity index (χ0n) is 11.8. The molecule has 0 aromatic heterocycles. The van der Waals surface area contributed by atoms with Crippen molar-refractivity contribution in [1.29, 1.82) is 0 Å². The van der Waals surface area contributed by atoms with E-state index in [1.54, 1.807) is 0 Å². The maximum atomic E-state index is 10.7. The summed E-state index contributed by atoms with van der Waals surface area (Å²) in [6.45, 7) is 7.66. The minimum Gasteiger partial charge on any atom is -0.463 e. The van der Waals surface area contributed by atoms with E-state index in [4.69, 9.17) is 9.47 Å². The van der Waals surface area contributed by atoms with Crippen molar-refractivity contribution < 1.29 is 14.3 Å². The molecule has 3 nitrogen and oxygen atoms in total. The van der Waals surface area contributed by atoms with Crippen molar-refractivity contribution in [2.45, 2.75) is 58.3 Å². The largest absolute Gasteiger partial charge is 0.463 e. The average Bonchev–Trinajstić information content (AvgIpc) is 2.39. The van der Waals surface area contributed by atoms with Gasteiger partial charge >= 0.3 is 5.97 Å². The molecule has 0 spiro atoms. The van der Waals surface area contributed by atoms with Crippen LogP contribution in [-0.2, 0) is 14.3 Å². The zero-order chi connectivity index (χ0) is 13.5. The maximum Gasteiger partial charge on any atom is 0.330 e. The first-order chi connectivity index (χ1) is 8.81. The Morgan fingerprint density at radius 2 is 1.50 bits per heavy atom. The SMILES string of the molecule is C=CC(=O)OCCCCOCCCCCCCC. The van der Waals surface area contributed by atoms with Crippen molar-refractivity contribution in [1.82, 2.24) is 0 Å². The summed E-state index contributed by atoms with van der Waals surface area (Å²) in [6, 6.07) is 0. The monoisotopic (exact) mass is 256 g/mol. The molecule has 0 saturated carbocycles. The van der Waals surface area contributed by atoms with Gasteiger partial charge in [-0.15, -0.1) is 0 Å². The van der Waals surface area contributed by atoms with Crippen LogP contribution in [-0.4, -0.2) is 25.8 Å².